The van der Waals surface area contributed by atoms with Gasteiger partial charge in [0, 0.05) is 0 Å². The van der Waals surface area contributed by atoms with Gasteiger partial charge in [0.2, 0.25) is 0 Å². The Hall–Kier alpha value is -3.80. The van der Waals surface area contributed by atoms with Gasteiger partial charge in [0.1, 0.15) is 23.0 Å². The number of esters is 2. The molecule has 0 aliphatic heterocycles. The van der Waals surface area contributed by atoms with Crippen LogP contribution in [0.4, 0.5) is 0 Å². The topological polar surface area (TPSA) is 71.1 Å². The van der Waals surface area contributed by atoms with E-state index in [1.165, 1.54) is 25.7 Å². The SMILES string of the molecule is CCCCCCOc1ccc(OC(=O)c2ccc(OC(=O)c3ccc(OCCCCCC)cc3C)cc2)cc1. The molecule has 6 nitrogen and oxygen atoms in total. The van der Waals surface area contributed by atoms with Crippen molar-refractivity contribution in [1.82, 2.24) is 0 Å². The van der Waals surface area contributed by atoms with Gasteiger partial charge >= 0.3 is 11.9 Å². The van der Waals surface area contributed by atoms with Gasteiger partial charge in [-0.05, 0) is 92.1 Å². The predicted molar refractivity (Wildman–Crippen MR) is 153 cm³/mol. The number of carbonyl (C=O) groups is 2. The highest BCUT2D eigenvalue weighted by atomic mass is 16.5. The molecule has 0 radical (unpaired) electrons. The molecule has 0 aliphatic rings. The van der Waals surface area contributed by atoms with E-state index in [-0.39, 0.29) is 0 Å². The van der Waals surface area contributed by atoms with Gasteiger partial charge in [0.15, 0.2) is 0 Å². The summed E-state index contributed by atoms with van der Waals surface area (Å²) in [5.41, 5.74) is 1.59. The summed E-state index contributed by atoms with van der Waals surface area (Å²) >= 11 is 0. The molecule has 0 N–H and O–H groups in total. The molecule has 0 atom stereocenters. The second kappa shape index (κ2) is 16.2. The van der Waals surface area contributed by atoms with Crippen molar-refractivity contribution in [2.75, 3.05) is 13.2 Å². The lowest BCUT2D eigenvalue weighted by molar-refractivity contribution is 0.0729. The van der Waals surface area contributed by atoms with Gasteiger partial charge in [-0.1, -0.05) is 52.4 Å². The zero-order valence-corrected chi connectivity index (χ0v) is 23.4. The second-order valence-electron chi connectivity index (χ2n) is 9.57. The summed E-state index contributed by atoms with van der Waals surface area (Å²) in [4.78, 5) is 25.3. The lowest BCUT2D eigenvalue weighted by Crippen LogP contribution is -2.11. The van der Waals surface area contributed by atoms with E-state index in [4.69, 9.17) is 18.9 Å². The number of hydrogen-bond acceptors (Lipinski definition) is 6. The molecule has 0 unspecified atom stereocenters. The number of carbonyl (C=O) groups excluding carboxylic acids is 2. The van der Waals surface area contributed by atoms with Crippen LogP contribution in [0.3, 0.4) is 0 Å². The largest absolute Gasteiger partial charge is 0.494 e. The maximum Gasteiger partial charge on any atom is 0.343 e. The first-order valence-electron chi connectivity index (χ1n) is 14.0. The van der Waals surface area contributed by atoms with Crippen LogP contribution in [0.25, 0.3) is 0 Å². The molecule has 0 aliphatic carbocycles. The number of hydrogen-bond donors (Lipinski definition) is 0. The molecule has 6 heteroatoms. The molecule has 0 fully saturated rings. The van der Waals surface area contributed by atoms with Crippen LogP contribution in [-0.4, -0.2) is 25.2 Å². The van der Waals surface area contributed by atoms with Gasteiger partial charge in [-0.3, -0.25) is 0 Å². The molecule has 0 aromatic heterocycles. The fraction of sp³-hybridized carbons (Fsp3) is 0.394. The van der Waals surface area contributed by atoms with E-state index < -0.39 is 11.9 Å². The first kappa shape index (κ1) is 29.8. The minimum absolute atomic E-state index is 0.340. The third-order valence-corrected chi connectivity index (χ3v) is 6.29. The van der Waals surface area contributed by atoms with E-state index in [1.807, 2.05) is 13.0 Å². The lowest BCUT2D eigenvalue weighted by Gasteiger charge is -2.11. The Kier molecular flexibility index (Phi) is 12.4. The number of rotatable bonds is 16. The third kappa shape index (κ3) is 10.1. The number of aryl methyl sites for hydroxylation is 1. The highest BCUT2D eigenvalue weighted by Gasteiger charge is 2.14. The number of unbranched alkanes of at least 4 members (excludes halogenated alkanes) is 6. The molecule has 0 amide bonds. The molecular formula is C33H40O6. The first-order valence-corrected chi connectivity index (χ1v) is 14.0. The lowest BCUT2D eigenvalue weighted by atomic mass is 10.1. The van der Waals surface area contributed by atoms with Crippen LogP contribution in [0.1, 0.15) is 91.5 Å². The summed E-state index contributed by atoms with van der Waals surface area (Å²) in [5, 5.41) is 0. The zero-order valence-electron chi connectivity index (χ0n) is 23.4. The Bertz CT molecular complexity index is 1170. The molecular weight excluding hydrogens is 492 g/mol. The minimum atomic E-state index is -0.498. The van der Waals surface area contributed by atoms with E-state index in [2.05, 4.69) is 13.8 Å². The third-order valence-electron chi connectivity index (χ3n) is 6.29. The summed E-state index contributed by atoms with van der Waals surface area (Å²) in [6.07, 6.45) is 9.15. The normalized spacial score (nSPS) is 10.6. The predicted octanol–water partition coefficient (Wildman–Crippen LogP) is 8.35. The smallest absolute Gasteiger partial charge is 0.343 e. The molecule has 208 valence electrons. The Morgan fingerprint density at radius 1 is 0.564 bits per heavy atom. The van der Waals surface area contributed by atoms with Crippen LogP contribution in [-0.2, 0) is 0 Å². The van der Waals surface area contributed by atoms with Crippen molar-refractivity contribution in [3.05, 3.63) is 83.4 Å². The van der Waals surface area contributed by atoms with Crippen molar-refractivity contribution in [1.29, 1.82) is 0 Å². The van der Waals surface area contributed by atoms with Crippen molar-refractivity contribution in [3.8, 4) is 23.0 Å². The monoisotopic (exact) mass is 532 g/mol. The van der Waals surface area contributed by atoms with Gasteiger partial charge in [0.25, 0.3) is 0 Å². The van der Waals surface area contributed by atoms with Crippen LogP contribution in [0.5, 0.6) is 23.0 Å². The quantitative estimate of drug-likeness (QED) is 0.105. The highest BCUT2D eigenvalue weighted by molar-refractivity contribution is 5.93. The van der Waals surface area contributed by atoms with Gasteiger partial charge in [0.05, 0.1) is 24.3 Å². The number of benzene rings is 3. The van der Waals surface area contributed by atoms with Gasteiger partial charge < -0.3 is 18.9 Å². The van der Waals surface area contributed by atoms with E-state index in [0.717, 1.165) is 42.7 Å². The Morgan fingerprint density at radius 2 is 1.05 bits per heavy atom. The first-order chi connectivity index (χ1) is 19.0. The van der Waals surface area contributed by atoms with Crippen LogP contribution in [0.15, 0.2) is 66.7 Å². The van der Waals surface area contributed by atoms with Crippen molar-refractivity contribution in [3.63, 3.8) is 0 Å². The Balaban J connectivity index is 1.47. The van der Waals surface area contributed by atoms with Gasteiger partial charge in [-0.2, -0.15) is 0 Å². The second-order valence-corrected chi connectivity index (χ2v) is 9.57. The maximum absolute atomic E-state index is 12.7. The Morgan fingerprint density at radius 3 is 1.62 bits per heavy atom. The van der Waals surface area contributed by atoms with E-state index in [9.17, 15) is 9.59 Å². The fourth-order valence-electron chi connectivity index (χ4n) is 3.98. The summed E-state index contributed by atoms with van der Waals surface area (Å²) in [6, 6.07) is 18.6. The van der Waals surface area contributed by atoms with Gasteiger partial charge in [-0.15, -0.1) is 0 Å². The van der Waals surface area contributed by atoms with Crippen molar-refractivity contribution in [2.45, 2.75) is 72.1 Å². The standard InChI is InChI=1S/C33H40O6/c1-4-6-8-10-22-36-27-16-18-29(19-17-27)38-32(34)26-12-14-28(15-13-26)39-33(35)31-21-20-30(24-25(31)3)37-23-11-9-7-5-2/h12-21,24H,4-11,22-23H2,1-3H3. The maximum atomic E-state index is 12.7. The molecule has 0 bridgehead atoms. The average molecular weight is 533 g/mol. The van der Waals surface area contributed by atoms with Gasteiger partial charge in [-0.25, -0.2) is 9.59 Å². The molecule has 0 saturated heterocycles. The molecule has 0 spiro atoms. The van der Waals surface area contributed by atoms with Crippen molar-refractivity contribution in [2.24, 2.45) is 0 Å². The summed E-state index contributed by atoms with van der Waals surface area (Å²) in [7, 11) is 0. The summed E-state index contributed by atoms with van der Waals surface area (Å²) in [5.74, 6) is 1.29. The highest BCUT2D eigenvalue weighted by Crippen LogP contribution is 2.22. The van der Waals surface area contributed by atoms with E-state index in [0.29, 0.717) is 35.8 Å². The van der Waals surface area contributed by atoms with E-state index in [1.54, 1.807) is 60.7 Å². The van der Waals surface area contributed by atoms with Crippen LogP contribution in [0, 0.1) is 6.92 Å². The summed E-state index contributed by atoms with van der Waals surface area (Å²) in [6.45, 7) is 7.55. The van der Waals surface area contributed by atoms with Crippen LogP contribution >= 0.6 is 0 Å². The fourth-order valence-corrected chi connectivity index (χ4v) is 3.98. The number of ether oxygens (including phenoxy) is 4. The average Bonchev–Trinajstić information content (AvgIpc) is 2.94. The van der Waals surface area contributed by atoms with Crippen LogP contribution < -0.4 is 18.9 Å². The van der Waals surface area contributed by atoms with Crippen molar-refractivity contribution >= 4 is 11.9 Å². The Labute approximate surface area is 232 Å². The van der Waals surface area contributed by atoms with Crippen LogP contribution in [0.2, 0.25) is 0 Å². The molecule has 3 aromatic carbocycles. The van der Waals surface area contributed by atoms with E-state index >= 15 is 0 Å². The molecule has 0 heterocycles. The summed E-state index contributed by atoms with van der Waals surface area (Å²) < 4.78 is 22.5. The molecule has 3 rings (SSSR count). The molecule has 3 aromatic rings. The zero-order chi connectivity index (χ0) is 27.9. The minimum Gasteiger partial charge on any atom is -0.494 e. The molecule has 0 saturated carbocycles. The van der Waals surface area contributed by atoms with Crippen molar-refractivity contribution < 1.29 is 28.5 Å². The molecule has 39 heavy (non-hydrogen) atoms.